The second-order valence-corrected chi connectivity index (χ2v) is 6.95. The summed E-state index contributed by atoms with van der Waals surface area (Å²) >= 11 is 0. The van der Waals surface area contributed by atoms with Gasteiger partial charge in [-0.2, -0.15) is 0 Å². The van der Waals surface area contributed by atoms with Crippen molar-refractivity contribution in [3.63, 3.8) is 0 Å². The molecule has 0 amide bonds. The van der Waals surface area contributed by atoms with Crippen molar-refractivity contribution in [2.45, 2.75) is 13.0 Å². The molecule has 26 heavy (non-hydrogen) atoms. The van der Waals surface area contributed by atoms with Crippen molar-refractivity contribution in [2.75, 3.05) is 31.2 Å². The molecule has 3 atom stereocenters. The molecule has 5 rings (SSSR count). The zero-order valence-electron chi connectivity index (χ0n) is 14.5. The second kappa shape index (κ2) is 6.21. The lowest BCUT2D eigenvalue weighted by Crippen LogP contribution is -2.27. The van der Waals surface area contributed by atoms with Gasteiger partial charge < -0.3 is 19.4 Å². The normalized spacial score (nSPS) is 25.0. The molecule has 2 fully saturated rings. The molecule has 8 heteroatoms. The van der Waals surface area contributed by atoms with E-state index in [1.54, 1.807) is 18.9 Å². The van der Waals surface area contributed by atoms with Crippen molar-refractivity contribution >= 4 is 17.0 Å². The number of imidazole rings is 1. The van der Waals surface area contributed by atoms with Gasteiger partial charge in [0.25, 0.3) is 0 Å². The quantitative estimate of drug-likeness (QED) is 0.762. The molecule has 2 saturated heterocycles. The van der Waals surface area contributed by atoms with Crippen LogP contribution in [0.1, 0.15) is 5.69 Å². The Morgan fingerprint density at radius 1 is 1.23 bits per heavy atom. The number of aryl methyl sites for hydroxylation is 1. The Labute approximate surface area is 150 Å². The average molecular weight is 352 g/mol. The van der Waals surface area contributed by atoms with Crippen LogP contribution in [0.25, 0.3) is 11.2 Å². The summed E-state index contributed by atoms with van der Waals surface area (Å²) < 4.78 is 12.0. The van der Waals surface area contributed by atoms with Crippen molar-refractivity contribution in [1.29, 1.82) is 0 Å². The first-order valence-electron chi connectivity index (χ1n) is 8.84. The van der Waals surface area contributed by atoms with E-state index in [4.69, 9.17) is 9.47 Å². The summed E-state index contributed by atoms with van der Waals surface area (Å²) in [6.45, 7) is 5.08. The standard InChI is InChI=1S/C18H20N6O2/c1-11-2-3-13(4-19-11)25-7-12-8-26-15-6-24(5-14(12)15)18-16-17(21-9-20-16)22-10-23-18/h2-4,9-10,12,14-15H,5-8H2,1H3,(H,20,21,22,23)/t12-,14+,15+/m0/s1. The molecule has 0 aromatic carbocycles. The highest BCUT2D eigenvalue weighted by Gasteiger charge is 2.45. The third-order valence-corrected chi connectivity index (χ3v) is 5.29. The summed E-state index contributed by atoms with van der Waals surface area (Å²) in [4.78, 5) is 22.6. The van der Waals surface area contributed by atoms with Crippen molar-refractivity contribution in [3.8, 4) is 5.75 Å². The Hall–Kier alpha value is -2.74. The van der Waals surface area contributed by atoms with Crippen molar-refractivity contribution in [1.82, 2.24) is 24.9 Å². The number of fused-ring (bicyclic) bond motifs is 2. The summed E-state index contributed by atoms with van der Waals surface area (Å²) in [7, 11) is 0. The Morgan fingerprint density at radius 2 is 2.19 bits per heavy atom. The third kappa shape index (κ3) is 2.66. The molecule has 3 aromatic rings. The van der Waals surface area contributed by atoms with E-state index < -0.39 is 0 Å². The maximum absolute atomic E-state index is 6.04. The molecule has 0 bridgehead atoms. The zero-order chi connectivity index (χ0) is 17.5. The van der Waals surface area contributed by atoms with Crippen LogP contribution in [0.15, 0.2) is 31.0 Å². The fourth-order valence-electron chi connectivity index (χ4n) is 3.88. The number of rotatable bonds is 4. The molecular weight excluding hydrogens is 332 g/mol. The number of hydrogen-bond acceptors (Lipinski definition) is 7. The van der Waals surface area contributed by atoms with Crippen LogP contribution in [0, 0.1) is 18.8 Å². The molecule has 134 valence electrons. The molecule has 5 heterocycles. The summed E-state index contributed by atoms with van der Waals surface area (Å²) in [5.41, 5.74) is 2.56. The molecule has 8 nitrogen and oxygen atoms in total. The van der Waals surface area contributed by atoms with Crippen molar-refractivity contribution in [2.24, 2.45) is 11.8 Å². The Bertz CT molecular complexity index is 911. The highest BCUT2D eigenvalue weighted by Crippen LogP contribution is 2.36. The number of nitrogens with zero attached hydrogens (tertiary/aromatic N) is 5. The molecule has 3 aromatic heterocycles. The summed E-state index contributed by atoms with van der Waals surface area (Å²) in [6, 6.07) is 3.93. The van der Waals surface area contributed by atoms with Crippen molar-refractivity contribution < 1.29 is 9.47 Å². The first-order chi connectivity index (χ1) is 12.8. The van der Waals surface area contributed by atoms with Crippen LogP contribution in [0.5, 0.6) is 5.75 Å². The molecule has 2 aliphatic heterocycles. The second-order valence-electron chi connectivity index (χ2n) is 6.95. The number of pyridine rings is 1. The third-order valence-electron chi connectivity index (χ3n) is 5.29. The van der Waals surface area contributed by atoms with Gasteiger partial charge in [0.1, 0.15) is 17.6 Å². The van der Waals surface area contributed by atoms with Gasteiger partial charge in [-0.3, -0.25) is 4.98 Å². The minimum Gasteiger partial charge on any atom is -0.492 e. The van der Waals surface area contributed by atoms with E-state index >= 15 is 0 Å². The molecule has 0 spiro atoms. The summed E-state index contributed by atoms with van der Waals surface area (Å²) in [6.07, 6.45) is 5.22. The molecule has 0 saturated carbocycles. The minimum atomic E-state index is 0.215. The maximum Gasteiger partial charge on any atom is 0.182 e. The Balaban J connectivity index is 1.28. The van der Waals surface area contributed by atoms with Crippen LogP contribution in [0.4, 0.5) is 5.82 Å². The van der Waals surface area contributed by atoms with Gasteiger partial charge in [-0.05, 0) is 19.1 Å². The number of nitrogens with one attached hydrogen (secondary N) is 1. The molecule has 0 aliphatic carbocycles. The summed E-state index contributed by atoms with van der Waals surface area (Å²) in [5, 5.41) is 0. The maximum atomic E-state index is 6.04. The van der Waals surface area contributed by atoms with E-state index in [1.807, 2.05) is 19.1 Å². The van der Waals surface area contributed by atoms with E-state index in [-0.39, 0.29) is 6.10 Å². The highest BCUT2D eigenvalue weighted by molar-refractivity contribution is 5.82. The van der Waals surface area contributed by atoms with E-state index in [0.717, 1.165) is 42.5 Å². The number of hydrogen-bond donors (Lipinski definition) is 1. The number of aromatic amines is 1. The van der Waals surface area contributed by atoms with Crippen LogP contribution in [0.2, 0.25) is 0 Å². The monoisotopic (exact) mass is 352 g/mol. The van der Waals surface area contributed by atoms with Crippen LogP contribution in [-0.4, -0.2) is 57.3 Å². The minimum absolute atomic E-state index is 0.215. The lowest BCUT2D eigenvalue weighted by molar-refractivity contribution is 0.108. The molecule has 2 aliphatic rings. The number of ether oxygens (including phenoxy) is 2. The van der Waals surface area contributed by atoms with Gasteiger partial charge in [-0.15, -0.1) is 0 Å². The number of H-pyrrole nitrogens is 1. The number of aromatic nitrogens is 5. The van der Waals surface area contributed by atoms with Gasteiger partial charge in [0.2, 0.25) is 0 Å². The predicted molar refractivity (Wildman–Crippen MR) is 95.1 cm³/mol. The van der Waals surface area contributed by atoms with Gasteiger partial charge in [0, 0.05) is 30.6 Å². The molecule has 1 N–H and O–H groups in total. The van der Waals surface area contributed by atoms with Gasteiger partial charge in [0.15, 0.2) is 11.5 Å². The van der Waals surface area contributed by atoms with E-state index in [9.17, 15) is 0 Å². The average Bonchev–Trinajstić information content (AvgIpc) is 3.36. The van der Waals surface area contributed by atoms with E-state index in [2.05, 4.69) is 29.8 Å². The first kappa shape index (κ1) is 15.5. The SMILES string of the molecule is Cc1ccc(OC[C@H]2CO[C@@H]3CN(c4ncnc5nc[nH]c45)C[C@H]23)cn1. The smallest absolute Gasteiger partial charge is 0.182 e. The highest BCUT2D eigenvalue weighted by atomic mass is 16.5. The van der Waals surface area contributed by atoms with Gasteiger partial charge in [-0.25, -0.2) is 15.0 Å². The predicted octanol–water partition coefficient (Wildman–Crippen LogP) is 1.59. The molecule has 0 radical (unpaired) electrons. The van der Waals surface area contributed by atoms with Crippen LogP contribution >= 0.6 is 0 Å². The van der Waals surface area contributed by atoms with Crippen molar-refractivity contribution in [3.05, 3.63) is 36.7 Å². The lowest BCUT2D eigenvalue weighted by Gasteiger charge is -2.21. The van der Waals surface area contributed by atoms with Crippen LogP contribution in [0.3, 0.4) is 0 Å². The fraction of sp³-hybridized carbons (Fsp3) is 0.444. The topological polar surface area (TPSA) is 89.0 Å². The zero-order valence-corrected chi connectivity index (χ0v) is 14.5. The van der Waals surface area contributed by atoms with Gasteiger partial charge in [0.05, 0.1) is 31.8 Å². The Kier molecular flexibility index (Phi) is 3.70. The summed E-state index contributed by atoms with van der Waals surface area (Å²) in [5.74, 6) is 2.50. The Morgan fingerprint density at radius 3 is 3.08 bits per heavy atom. The number of anilines is 1. The molecule has 0 unspecified atom stereocenters. The first-order valence-corrected chi connectivity index (χ1v) is 8.84. The largest absolute Gasteiger partial charge is 0.492 e. The van der Waals surface area contributed by atoms with E-state index in [0.29, 0.717) is 24.1 Å². The van der Waals surface area contributed by atoms with E-state index in [1.165, 1.54) is 0 Å². The fourth-order valence-corrected chi connectivity index (χ4v) is 3.88. The van der Waals surface area contributed by atoms with Crippen LogP contribution in [-0.2, 0) is 4.74 Å². The van der Waals surface area contributed by atoms with Gasteiger partial charge >= 0.3 is 0 Å². The van der Waals surface area contributed by atoms with Gasteiger partial charge in [-0.1, -0.05) is 0 Å². The molecular formula is C18H20N6O2. The lowest BCUT2D eigenvalue weighted by atomic mass is 9.94. The van der Waals surface area contributed by atoms with Crippen LogP contribution < -0.4 is 9.64 Å².